The van der Waals surface area contributed by atoms with Crippen LogP contribution in [0.4, 0.5) is 5.69 Å². The van der Waals surface area contributed by atoms with E-state index in [4.69, 9.17) is 10.8 Å². The fraction of sp³-hybridized carbons (Fsp3) is 0.500. The van der Waals surface area contributed by atoms with Crippen molar-refractivity contribution in [3.8, 4) is 0 Å². The van der Waals surface area contributed by atoms with Crippen molar-refractivity contribution in [2.24, 2.45) is 0 Å². The van der Waals surface area contributed by atoms with Crippen LogP contribution >= 0.6 is 0 Å². The van der Waals surface area contributed by atoms with Crippen LogP contribution in [0.2, 0.25) is 0 Å². The highest BCUT2D eigenvalue weighted by molar-refractivity contribution is 7.89. The van der Waals surface area contributed by atoms with Gasteiger partial charge in [0.2, 0.25) is 10.0 Å². The summed E-state index contributed by atoms with van der Waals surface area (Å²) in [5.41, 5.74) is 7.46. The van der Waals surface area contributed by atoms with Crippen LogP contribution in [-0.2, 0) is 10.0 Å². The summed E-state index contributed by atoms with van der Waals surface area (Å²) in [6, 6.07) is 3.27. The lowest BCUT2D eigenvalue weighted by Crippen LogP contribution is -2.28. The van der Waals surface area contributed by atoms with E-state index in [0.29, 0.717) is 23.2 Å². The van der Waals surface area contributed by atoms with Crippen molar-refractivity contribution in [2.75, 3.05) is 12.3 Å². The first kappa shape index (κ1) is 14.9. The number of nitrogens with one attached hydrogen (secondary N) is 1. The molecule has 18 heavy (non-hydrogen) atoms. The minimum absolute atomic E-state index is 0.212. The summed E-state index contributed by atoms with van der Waals surface area (Å²) in [6.07, 6.45) is -0.145. The first-order valence-corrected chi connectivity index (χ1v) is 7.27. The summed E-state index contributed by atoms with van der Waals surface area (Å²) in [4.78, 5) is 0.266. The molecule has 1 unspecified atom stereocenters. The van der Waals surface area contributed by atoms with Crippen LogP contribution in [0.15, 0.2) is 17.0 Å². The number of nitrogen functional groups attached to an aromatic ring is 1. The molecule has 1 rings (SSSR count). The summed E-state index contributed by atoms with van der Waals surface area (Å²) in [7, 11) is -3.55. The van der Waals surface area contributed by atoms with E-state index in [9.17, 15) is 8.42 Å². The smallest absolute Gasteiger partial charge is 0.241 e. The van der Waals surface area contributed by atoms with E-state index in [1.54, 1.807) is 32.9 Å². The molecule has 0 aromatic heterocycles. The predicted molar refractivity (Wildman–Crippen MR) is 71.8 cm³/mol. The van der Waals surface area contributed by atoms with Gasteiger partial charge in [-0.15, -0.1) is 0 Å². The number of anilines is 1. The highest BCUT2D eigenvalue weighted by Gasteiger charge is 2.19. The number of sulfonamides is 1. The number of hydrogen-bond acceptors (Lipinski definition) is 4. The average Bonchev–Trinajstić information content (AvgIpc) is 2.13. The number of rotatable bonds is 5. The lowest BCUT2D eigenvalue weighted by atomic mass is 10.1. The maximum atomic E-state index is 12.1. The maximum absolute atomic E-state index is 12.1. The van der Waals surface area contributed by atoms with Crippen LogP contribution in [0.25, 0.3) is 0 Å². The molecular weight excluding hydrogens is 252 g/mol. The van der Waals surface area contributed by atoms with E-state index < -0.39 is 16.1 Å². The quantitative estimate of drug-likeness (QED) is 0.695. The molecule has 102 valence electrons. The Kier molecular flexibility index (Phi) is 4.72. The second kappa shape index (κ2) is 5.69. The van der Waals surface area contributed by atoms with Crippen LogP contribution in [0.5, 0.6) is 0 Å². The molecule has 0 heterocycles. The highest BCUT2D eigenvalue weighted by atomic mass is 32.2. The van der Waals surface area contributed by atoms with E-state index in [1.807, 2.05) is 0 Å². The van der Waals surface area contributed by atoms with Crippen molar-refractivity contribution >= 4 is 15.7 Å². The zero-order valence-electron chi connectivity index (χ0n) is 10.9. The molecule has 0 aliphatic carbocycles. The highest BCUT2D eigenvalue weighted by Crippen LogP contribution is 2.22. The van der Waals surface area contributed by atoms with Crippen molar-refractivity contribution < 1.29 is 13.5 Å². The van der Waals surface area contributed by atoms with Gasteiger partial charge in [-0.1, -0.05) is 0 Å². The van der Waals surface area contributed by atoms with Gasteiger partial charge in [0.05, 0.1) is 11.0 Å². The normalized spacial score (nSPS) is 13.6. The second-order valence-electron chi connectivity index (χ2n) is 4.52. The molecule has 6 heteroatoms. The number of aliphatic hydroxyl groups is 1. The van der Waals surface area contributed by atoms with Gasteiger partial charge in [0, 0.05) is 12.2 Å². The van der Waals surface area contributed by atoms with Gasteiger partial charge in [-0.25, -0.2) is 13.1 Å². The standard InChI is InChI=1S/C12H20N2O3S/c1-8-6-11(13)7-9(2)12(8)18(16,17)14-5-4-10(3)15/h6-7,10,14-15H,4-5,13H2,1-3H3. The van der Waals surface area contributed by atoms with Gasteiger partial charge in [-0.3, -0.25) is 0 Å². The molecule has 0 saturated heterocycles. The molecule has 1 atom stereocenters. The predicted octanol–water partition coefficient (Wildman–Crippen LogP) is 0.935. The summed E-state index contributed by atoms with van der Waals surface area (Å²) in [5, 5.41) is 9.11. The minimum atomic E-state index is -3.55. The maximum Gasteiger partial charge on any atom is 0.241 e. The van der Waals surface area contributed by atoms with Crippen molar-refractivity contribution in [1.29, 1.82) is 0 Å². The first-order chi connectivity index (χ1) is 8.24. The Labute approximate surface area is 108 Å². The first-order valence-electron chi connectivity index (χ1n) is 5.78. The topological polar surface area (TPSA) is 92.4 Å². The fourth-order valence-electron chi connectivity index (χ4n) is 1.88. The Morgan fingerprint density at radius 2 is 1.83 bits per heavy atom. The van der Waals surface area contributed by atoms with Crippen LogP contribution in [0.1, 0.15) is 24.5 Å². The Morgan fingerprint density at radius 3 is 2.28 bits per heavy atom. The lowest BCUT2D eigenvalue weighted by Gasteiger charge is -2.13. The molecule has 1 aromatic carbocycles. The van der Waals surface area contributed by atoms with Gasteiger partial charge in [0.15, 0.2) is 0 Å². The van der Waals surface area contributed by atoms with Crippen LogP contribution < -0.4 is 10.5 Å². The van der Waals surface area contributed by atoms with Gasteiger partial charge in [0.1, 0.15) is 0 Å². The van der Waals surface area contributed by atoms with Crippen LogP contribution in [0, 0.1) is 13.8 Å². The Bertz CT molecular complexity index is 501. The molecule has 0 saturated carbocycles. The SMILES string of the molecule is Cc1cc(N)cc(C)c1S(=O)(=O)NCCC(C)O. The van der Waals surface area contributed by atoms with Gasteiger partial charge in [-0.05, 0) is 50.5 Å². The molecule has 0 bridgehead atoms. The van der Waals surface area contributed by atoms with Crippen molar-refractivity contribution in [1.82, 2.24) is 4.72 Å². The minimum Gasteiger partial charge on any atom is -0.399 e. The largest absolute Gasteiger partial charge is 0.399 e. The van der Waals surface area contributed by atoms with Gasteiger partial charge < -0.3 is 10.8 Å². The number of benzene rings is 1. The number of nitrogens with two attached hydrogens (primary N) is 1. The fourth-order valence-corrected chi connectivity index (χ4v) is 3.38. The number of aliphatic hydroxyl groups excluding tert-OH is 1. The summed E-state index contributed by atoms with van der Waals surface area (Å²) in [5.74, 6) is 0. The van der Waals surface area contributed by atoms with Crippen molar-refractivity contribution in [2.45, 2.75) is 38.2 Å². The third-order valence-electron chi connectivity index (χ3n) is 2.61. The molecule has 0 aliphatic heterocycles. The van der Waals surface area contributed by atoms with E-state index in [0.717, 1.165) is 0 Å². The summed E-state index contributed by atoms with van der Waals surface area (Å²) < 4.78 is 26.7. The zero-order chi connectivity index (χ0) is 13.9. The van der Waals surface area contributed by atoms with Crippen molar-refractivity contribution in [3.05, 3.63) is 23.3 Å². The second-order valence-corrected chi connectivity index (χ2v) is 6.22. The summed E-state index contributed by atoms with van der Waals surface area (Å²) in [6.45, 7) is 5.26. The summed E-state index contributed by atoms with van der Waals surface area (Å²) >= 11 is 0. The molecule has 0 aliphatic rings. The molecule has 4 N–H and O–H groups in total. The molecular formula is C12H20N2O3S. The zero-order valence-corrected chi connectivity index (χ0v) is 11.7. The van der Waals surface area contributed by atoms with Gasteiger partial charge >= 0.3 is 0 Å². The molecule has 1 aromatic rings. The Morgan fingerprint density at radius 1 is 1.33 bits per heavy atom. The monoisotopic (exact) mass is 272 g/mol. The van der Waals surface area contributed by atoms with E-state index in [-0.39, 0.29) is 11.4 Å². The Balaban J connectivity index is 2.99. The van der Waals surface area contributed by atoms with E-state index in [2.05, 4.69) is 4.72 Å². The third kappa shape index (κ3) is 3.69. The third-order valence-corrected chi connectivity index (χ3v) is 4.37. The van der Waals surface area contributed by atoms with Gasteiger partial charge in [-0.2, -0.15) is 0 Å². The number of hydrogen-bond donors (Lipinski definition) is 3. The van der Waals surface area contributed by atoms with E-state index >= 15 is 0 Å². The molecule has 0 fully saturated rings. The number of aryl methyl sites for hydroxylation is 2. The van der Waals surface area contributed by atoms with Crippen LogP contribution in [-0.4, -0.2) is 26.2 Å². The molecule has 5 nitrogen and oxygen atoms in total. The van der Waals surface area contributed by atoms with Crippen molar-refractivity contribution in [3.63, 3.8) is 0 Å². The Hall–Kier alpha value is -1.11. The lowest BCUT2D eigenvalue weighted by molar-refractivity contribution is 0.186. The molecule has 0 amide bonds. The average molecular weight is 272 g/mol. The van der Waals surface area contributed by atoms with Crippen LogP contribution in [0.3, 0.4) is 0 Å². The van der Waals surface area contributed by atoms with Gasteiger partial charge in [0.25, 0.3) is 0 Å². The molecule has 0 radical (unpaired) electrons. The van der Waals surface area contributed by atoms with E-state index in [1.165, 1.54) is 0 Å². The molecule has 0 spiro atoms.